The second kappa shape index (κ2) is 9.56. The van der Waals surface area contributed by atoms with Gasteiger partial charge in [0.25, 0.3) is 0 Å². The predicted octanol–water partition coefficient (Wildman–Crippen LogP) is 3.40. The molecule has 0 saturated heterocycles. The van der Waals surface area contributed by atoms with Crippen molar-refractivity contribution >= 4 is 5.91 Å². The molecule has 0 atom stereocenters. The van der Waals surface area contributed by atoms with Crippen LogP contribution in [0, 0.1) is 6.92 Å². The molecule has 1 rings (SSSR count). The number of hydrogen-bond acceptors (Lipinski definition) is 2. The van der Waals surface area contributed by atoms with E-state index >= 15 is 0 Å². The molecule has 1 aromatic heterocycles. The lowest BCUT2D eigenvalue weighted by atomic mass is 10.1. The maximum absolute atomic E-state index is 12.1. The van der Waals surface area contributed by atoms with Gasteiger partial charge < -0.3 is 9.47 Å². The molecule has 0 fully saturated rings. The zero-order valence-electron chi connectivity index (χ0n) is 13.3. The minimum atomic E-state index is 0.326. The molecule has 0 N–H and O–H groups in total. The van der Waals surface area contributed by atoms with Crippen LogP contribution in [-0.4, -0.2) is 33.4 Å². The van der Waals surface area contributed by atoms with Gasteiger partial charge in [-0.2, -0.15) is 0 Å². The van der Waals surface area contributed by atoms with Crippen molar-refractivity contribution in [2.45, 2.75) is 65.8 Å². The third-order valence-corrected chi connectivity index (χ3v) is 3.55. The summed E-state index contributed by atoms with van der Waals surface area (Å²) in [5.41, 5.74) is 0. The van der Waals surface area contributed by atoms with Crippen molar-refractivity contribution in [1.82, 2.24) is 14.5 Å². The molecule has 1 heterocycles. The molecule has 0 aliphatic heterocycles. The van der Waals surface area contributed by atoms with Gasteiger partial charge in [0.05, 0.1) is 0 Å². The summed E-state index contributed by atoms with van der Waals surface area (Å²) in [6.45, 7) is 9.10. The lowest BCUT2D eigenvalue weighted by Crippen LogP contribution is -2.32. The summed E-state index contributed by atoms with van der Waals surface area (Å²) in [4.78, 5) is 18.3. The van der Waals surface area contributed by atoms with Gasteiger partial charge in [-0.05, 0) is 32.6 Å². The van der Waals surface area contributed by atoms with Crippen LogP contribution in [-0.2, 0) is 11.3 Å². The average Bonchev–Trinajstić information content (AvgIpc) is 2.83. The number of aryl methyl sites for hydroxylation is 2. The standard InChI is InChI=1S/C16H29N3O/c1-4-11-19(12-5-2)16(20)9-7-6-8-13-18-14-10-17-15(18)3/h10,14H,4-9,11-13H2,1-3H3. The van der Waals surface area contributed by atoms with Gasteiger partial charge in [0, 0.05) is 38.4 Å². The van der Waals surface area contributed by atoms with E-state index in [2.05, 4.69) is 23.4 Å². The van der Waals surface area contributed by atoms with Crippen molar-refractivity contribution < 1.29 is 4.79 Å². The first-order valence-electron chi connectivity index (χ1n) is 7.94. The van der Waals surface area contributed by atoms with E-state index in [1.165, 1.54) is 0 Å². The number of carbonyl (C=O) groups excluding carboxylic acids is 1. The van der Waals surface area contributed by atoms with Crippen molar-refractivity contribution in [3.8, 4) is 0 Å². The molecule has 1 amide bonds. The quantitative estimate of drug-likeness (QED) is 0.616. The maximum Gasteiger partial charge on any atom is 0.222 e. The monoisotopic (exact) mass is 279 g/mol. The van der Waals surface area contributed by atoms with Crippen molar-refractivity contribution in [2.24, 2.45) is 0 Å². The minimum Gasteiger partial charge on any atom is -0.343 e. The molecular formula is C16H29N3O. The van der Waals surface area contributed by atoms with Crippen LogP contribution in [0.15, 0.2) is 12.4 Å². The highest BCUT2D eigenvalue weighted by Gasteiger charge is 2.10. The van der Waals surface area contributed by atoms with Crippen LogP contribution in [0.4, 0.5) is 0 Å². The predicted molar refractivity (Wildman–Crippen MR) is 82.6 cm³/mol. The molecule has 0 spiro atoms. The van der Waals surface area contributed by atoms with E-state index in [0.717, 1.165) is 57.6 Å². The first kappa shape index (κ1) is 16.7. The Kier molecular flexibility index (Phi) is 8.00. The Morgan fingerprint density at radius 3 is 2.45 bits per heavy atom. The molecule has 0 aliphatic carbocycles. The topological polar surface area (TPSA) is 38.1 Å². The number of unbranched alkanes of at least 4 members (excludes halogenated alkanes) is 2. The van der Waals surface area contributed by atoms with Crippen LogP contribution in [0.3, 0.4) is 0 Å². The van der Waals surface area contributed by atoms with Gasteiger partial charge in [0.15, 0.2) is 0 Å². The van der Waals surface area contributed by atoms with Gasteiger partial charge >= 0.3 is 0 Å². The van der Waals surface area contributed by atoms with Gasteiger partial charge in [0.2, 0.25) is 5.91 Å². The molecule has 4 nitrogen and oxygen atoms in total. The number of aromatic nitrogens is 2. The Morgan fingerprint density at radius 1 is 1.20 bits per heavy atom. The molecular weight excluding hydrogens is 250 g/mol. The van der Waals surface area contributed by atoms with Crippen molar-refractivity contribution in [3.05, 3.63) is 18.2 Å². The molecule has 0 radical (unpaired) electrons. The van der Waals surface area contributed by atoms with Gasteiger partial charge in [-0.3, -0.25) is 4.79 Å². The molecule has 0 saturated carbocycles. The van der Waals surface area contributed by atoms with E-state index in [9.17, 15) is 4.79 Å². The summed E-state index contributed by atoms with van der Waals surface area (Å²) < 4.78 is 2.17. The fraction of sp³-hybridized carbons (Fsp3) is 0.750. The smallest absolute Gasteiger partial charge is 0.222 e. The van der Waals surface area contributed by atoms with Gasteiger partial charge in [-0.15, -0.1) is 0 Å². The number of hydrogen-bond donors (Lipinski definition) is 0. The first-order valence-corrected chi connectivity index (χ1v) is 7.94. The van der Waals surface area contributed by atoms with Crippen molar-refractivity contribution in [3.63, 3.8) is 0 Å². The molecule has 1 aromatic rings. The van der Waals surface area contributed by atoms with E-state index in [0.29, 0.717) is 12.3 Å². The number of amides is 1. The van der Waals surface area contributed by atoms with Crippen LogP contribution in [0.5, 0.6) is 0 Å². The van der Waals surface area contributed by atoms with Crippen molar-refractivity contribution in [2.75, 3.05) is 13.1 Å². The summed E-state index contributed by atoms with van der Waals surface area (Å²) in [5.74, 6) is 1.39. The highest BCUT2D eigenvalue weighted by Crippen LogP contribution is 2.07. The Morgan fingerprint density at radius 2 is 1.90 bits per heavy atom. The lowest BCUT2D eigenvalue weighted by Gasteiger charge is -2.21. The van der Waals surface area contributed by atoms with Crippen LogP contribution in [0.1, 0.15) is 58.2 Å². The SMILES string of the molecule is CCCN(CCC)C(=O)CCCCCn1ccnc1C. The fourth-order valence-electron chi connectivity index (χ4n) is 2.43. The summed E-state index contributed by atoms with van der Waals surface area (Å²) in [7, 11) is 0. The number of nitrogens with zero attached hydrogens (tertiary/aromatic N) is 3. The first-order chi connectivity index (χ1) is 9.69. The number of imidazole rings is 1. The van der Waals surface area contributed by atoms with Gasteiger partial charge in [-0.25, -0.2) is 4.98 Å². The maximum atomic E-state index is 12.1. The Balaban J connectivity index is 2.16. The van der Waals surface area contributed by atoms with E-state index in [4.69, 9.17) is 0 Å². The largest absolute Gasteiger partial charge is 0.343 e. The van der Waals surface area contributed by atoms with E-state index in [-0.39, 0.29) is 0 Å². The van der Waals surface area contributed by atoms with Gasteiger partial charge in [0.1, 0.15) is 5.82 Å². The molecule has 0 unspecified atom stereocenters. The Bertz CT molecular complexity index is 381. The summed E-state index contributed by atoms with van der Waals surface area (Å²) >= 11 is 0. The highest BCUT2D eigenvalue weighted by atomic mass is 16.2. The summed E-state index contributed by atoms with van der Waals surface area (Å²) in [5, 5.41) is 0. The Labute approximate surface area is 123 Å². The second-order valence-corrected chi connectivity index (χ2v) is 5.36. The molecule has 4 heteroatoms. The second-order valence-electron chi connectivity index (χ2n) is 5.36. The third-order valence-electron chi connectivity index (χ3n) is 3.55. The molecule has 0 bridgehead atoms. The third kappa shape index (κ3) is 5.76. The molecule has 20 heavy (non-hydrogen) atoms. The highest BCUT2D eigenvalue weighted by molar-refractivity contribution is 5.76. The number of rotatable bonds is 10. The van der Waals surface area contributed by atoms with Gasteiger partial charge in [-0.1, -0.05) is 20.3 Å². The average molecular weight is 279 g/mol. The van der Waals surface area contributed by atoms with Crippen LogP contribution < -0.4 is 0 Å². The van der Waals surface area contributed by atoms with Crippen LogP contribution >= 0.6 is 0 Å². The Hall–Kier alpha value is -1.32. The molecule has 0 aromatic carbocycles. The van der Waals surface area contributed by atoms with Crippen molar-refractivity contribution in [1.29, 1.82) is 0 Å². The normalized spacial score (nSPS) is 10.8. The summed E-state index contributed by atoms with van der Waals surface area (Å²) in [6.07, 6.45) is 9.87. The van der Waals surface area contributed by atoms with E-state index in [1.807, 2.05) is 24.2 Å². The number of carbonyl (C=O) groups is 1. The van der Waals surface area contributed by atoms with E-state index in [1.54, 1.807) is 0 Å². The lowest BCUT2D eigenvalue weighted by molar-refractivity contribution is -0.131. The van der Waals surface area contributed by atoms with Crippen LogP contribution in [0.2, 0.25) is 0 Å². The molecule has 114 valence electrons. The zero-order valence-corrected chi connectivity index (χ0v) is 13.3. The zero-order chi connectivity index (χ0) is 14.8. The minimum absolute atomic E-state index is 0.326. The fourth-order valence-corrected chi connectivity index (χ4v) is 2.43. The van der Waals surface area contributed by atoms with E-state index < -0.39 is 0 Å². The summed E-state index contributed by atoms with van der Waals surface area (Å²) in [6, 6.07) is 0. The molecule has 0 aliphatic rings. The van der Waals surface area contributed by atoms with Crippen LogP contribution in [0.25, 0.3) is 0 Å².